The van der Waals surface area contributed by atoms with Gasteiger partial charge in [-0.25, -0.2) is 9.59 Å². The van der Waals surface area contributed by atoms with Gasteiger partial charge in [-0.3, -0.25) is 4.90 Å². The maximum atomic E-state index is 9.10. The van der Waals surface area contributed by atoms with Gasteiger partial charge in [-0.2, -0.15) is 4.37 Å². The van der Waals surface area contributed by atoms with Crippen LogP contribution in [0, 0.1) is 0 Å². The highest BCUT2D eigenvalue weighted by atomic mass is 32.1. The van der Waals surface area contributed by atoms with Gasteiger partial charge in [0.1, 0.15) is 5.69 Å². The van der Waals surface area contributed by atoms with Gasteiger partial charge in [0.2, 0.25) is 0 Å². The van der Waals surface area contributed by atoms with E-state index in [0.29, 0.717) is 6.04 Å². The van der Waals surface area contributed by atoms with Crippen molar-refractivity contribution in [3.05, 3.63) is 11.8 Å². The number of carboxylic acids is 2. The van der Waals surface area contributed by atoms with Crippen molar-refractivity contribution >= 4 is 29.2 Å². The number of carboxylic acid groups (broad SMARTS) is 2. The van der Waals surface area contributed by atoms with Crippen molar-refractivity contribution in [2.75, 3.05) is 20.2 Å². The molecule has 2 N–H and O–H groups in total. The molecule has 2 rings (SSSR count). The Morgan fingerprint density at radius 1 is 1.27 bits per heavy atom. The molecule has 146 valence electrons. The predicted octanol–water partition coefficient (Wildman–Crippen LogP) is 2.76. The van der Waals surface area contributed by atoms with Crippen molar-refractivity contribution in [3.8, 4) is 5.88 Å². The number of unbranched alkanes of at least 4 members (excludes halogenated alkanes) is 3. The Morgan fingerprint density at radius 2 is 1.96 bits per heavy atom. The monoisotopic (exact) mass is 385 g/mol. The van der Waals surface area contributed by atoms with E-state index >= 15 is 0 Å². The number of rotatable bonds is 7. The molecule has 0 bridgehead atoms. The smallest absolute Gasteiger partial charge is 0.414 e. The minimum atomic E-state index is -1.82. The van der Waals surface area contributed by atoms with Gasteiger partial charge in [0.15, 0.2) is 0 Å². The molecule has 0 aromatic carbocycles. The molecule has 2 heterocycles. The average molecular weight is 385 g/mol. The van der Waals surface area contributed by atoms with Crippen molar-refractivity contribution in [1.82, 2.24) is 13.6 Å². The summed E-state index contributed by atoms with van der Waals surface area (Å²) in [5.41, 5.74) is 2.20. The molecule has 0 aliphatic carbocycles. The number of nitrogens with zero attached hydrogens (tertiary/aromatic N) is 3. The highest BCUT2D eigenvalue weighted by Gasteiger charge is 2.21. The van der Waals surface area contributed by atoms with Crippen LogP contribution in [-0.2, 0) is 9.59 Å². The Morgan fingerprint density at radius 3 is 2.54 bits per heavy atom. The lowest BCUT2D eigenvalue weighted by Gasteiger charge is -2.29. The standard InChI is InChI=1S/C15H25N3OS.C2H2O4/c1-4-5-6-7-10-19-15-14(16-20-17-15)13-9-8-12(2)18(3)11-13;3-1(4)2(5)6/h9,12H,4-8,10-11H2,1-3H3;(H,3,4)(H,5,6). The van der Waals surface area contributed by atoms with Gasteiger partial charge in [-0.15, -0.1) is 4.37 Å². The molecule has 0 saturated carbocycles. The predicted molar refractivity (Wildman–Crippen MR) is 99.5 cm³/mol. The summed E-state index contributed by atoms with van der Waals surface area (Å²) in [6, 6.07) is 0.601. The molecule has 1 aromatic heterocycles. The van der Waals surface area contributed by atoms with Crippen molar-refractivity contribution in [2.45, 2.75) is 52.0 Å². The van der Waals surface area contributed by atoms with Crippen LogP contribution in [0.4, 0.5) is 0 Å². The fourth-order valence-electron chi connectivity index (χ4n) is 2.32. The lowest BCUT2D eigenvalue weighted by molar-refractivity contribution is -0.159. The number of ether oxygens (including phenoxy) is 1. The highest BCUT2D eigenvalue weighted by molar-refractivity contribution is 6.99. The third kappa shape index (κ3) is 7.49. The van der Waals surface area contributed by atoms with E-state index in [2.05, 4.69) is 40.6 Å². The quantitative estimate of drug-likeness (QED) is 0.544. The SMILES string of the molecule is CCCCCCOc1nsnc1C1=CCC(C)N(C)C1.O=C(O)C(=O)O. The lowest BCUT2D eigenvalue weighted by Crippen LogP contribution is -2.33. The minimum Gasteiger partial charge on any atom is -0.475 e. The van der Waals surface area contributed by atoms with E-state index in [9.17, 15) is 0 Å². The van der Waals surface area contributed by atoms with E-state index in [4.69, 9.17) is 24.5 Å². The Kier molecular flexibility index (Phi) is 9.82. The molecule has 0 amide bonds. The van der Waals surface area contributed by atoms with Crippen molar-refractivity contribution in [1.29, 1.82) is 0 Å². The molecule has 9 heteroatoms. The zero-order valence-electron chi connectivity index (χ0n) is 15.5. The first-order valence-electron chi connectivity index (χ1n) is 8.68. The van der Waals surface area contributed by atoms with Crippen LogP contribution in [0.25, 0.3) is 5.57 Å². The van der Waals surface area contributed by atoms with Crippen LogP contribution in [0.1, 0.15) is 51.6 Å². The number of aromatic nitrogens is 2. The Labute approximate surface area is 157 Å². The van der Waals surface area contributed by atoms with E-state index in [-0.39, 0.29) is 0 Å². The molecule has 0 radical (unpaired) electrons. The number of hydrogen-bond donors (Lipinski definition) is 2. The van der Waals surface area contributed by atoms with Gasteiger partial charge in [0.25, 0.3) is 5.88 Å². The summed E-state index contributed by atoms with van der Waals surface area (Å²) >= 11 is 1.25. The number of likely N-dealkylation sites (N-methyl/N-ethyl adjacent to an activating group) is 1. The molecule has 26 heavy (non-hydrogen) atoms. The van der Waals surface area contributed by atoms with E-state index in [0.717, 1.165) is 37.6 Å². The lowest BCUT2D eigenvalue weighted by atomic mass is 10.0. The maximum Gasteiger partial charge on any atom is 0.414 e. The minimum absolute atomic E-state index is 0.601. The van der Waals surface area contributed by atoms with Crippen LogP contribution >= 0.6 is 11.7 Å². The summed E-state index contributed by atoms with van der Waals surface area (Å²) in [6.45, 7) is 6.14. The second-order valence-corrected chi connectivity index (χ2v) is 6.70. The fourth-order valence-corrected chi connectivity index (χ4v) is 2.85. The summed E-state index contributed by atoms with van der Waals surface area (Å²) < 4.78 is 14.5. The molecular weight excluding hydrogens is 358 g/mol. The van der Waals surface area contributed by atoms with Crippen molar-refractivity contribution in [2.24, 2.45) is 0 Å². The fraction of sp³-hybridized carbons (Fsp3) is 0.647. The molecule has 1 aromatic rings. The summed E-state index contributed by atoms with van der Waals surface area (Å²) in [5.74, 6) is -2.93. The second kappa shape index (κ2) is 11.6. The number of carbonyl (C=O) groups is 2. The number of aliphatic carboxylic acids is 2. The van der Waals surface area contributed by atoms with E-state index in [1.54, 1.807) is 0 Å². The van der Waals surface area contributed by atoms with Gasteiger partial charge in [-0.05, 0) is 32.4 Å². The largest absolute Gasteiger partial charge is 0.475 e. The zero-order chi connectivity index (χ0) is 19.5. The van der Waals surface area contributed by atoms with Crippen LogP contribution in [0.2, 0.25) is 0 Å². The third-order valence-corrected chi connectivity index (χ3v) is 4.57. The second-order valence-electron chi connectivity index (χ2n) is 6.17. The summed E-state index contributed by atoms with van der Waals surface area (Å²) in [4.78, 5) is 20.5. The molecule has 1 atom stereocenters. The first-order valence-corrected chi connectivity index (χ1v) is 9.41. The normalized spacial score (nSPS) is 17.0. The summed E-state index contributed by atoms with van der Waals surface area (Å²) in [6.07, 6.45) is 8.21. The van der Waals surface area contributed by atoms with Crippen LogP contribution in [0.3, 0.4) is 0 Å². The molecule has 1 unspecified atom stereocenters. The van der Waals surface area contributed by atoms with Crippen LogP contribution in [0.15, 0.2) is 6.08 Å². The van der Waals surface area contributed by atoms with Gasteiger partial charge in [-0.1, -0.05) is 32.3 Å². The molecule has 1 aliphatic rings. The van der Waals surface area contributed by atoms with Crippen LogP contribution in [0.5, 0.6) is 5.88 Å². The Bertz CT molecular complexity index is 605. The molecule has 1 aliphatic heterocycles. The summed E-state index contributed by atoms with van der Waals surface area (Å²) in [7, 11) is 2.16. The highest BCUT2D eigenvalue weighted by Crippen LogP contribution is 2.28. The molecule has 8 nitrogen and oxygen atoms in total. The van der Waals surface area contributed by atoms with Crippen molar-refractivity contribution in [3.63, 3.8) is 0 Å². The average Bonchev–Trinajstić information content (AvgIpc) is 3.06. The molecule has 0 spiro atoms. The Balaban J connectivity index is 0.000000487. The Hall–Kier alpha value is -2.00. The number of hydrogen-bond acceptors (Lipinski definition) is 7. The van der Waals surface area contributed by atoms with Crippen LogP contribution in [-0.4, -0.2) is 62.0 Å². The zero-order valence-corrected chi connectivity index (χ0v) is 16.3. The first kappa shape index (κ1) is 22.0. The third-order valence-electron chi connectivity index (χ3n) is 4.06. The summed E-state index contributed by atoms with van der Waals surface area (Å²) in [5, 5.41) is 14.8. The van der Waals surface area contributed by atoms with Gasteiger partial charge < -0.3 is 14.9 Å². The molecule has 0 fully saturated rings. The van der Waals surface area contributed by atoms with Gasteiger partial charge >= 0.3 is 11.9 Å². The van der Waals surface area contributed by atoms with Gasteiger partial charge in [0, 0.05) is 12.6 Å². The van der Waals surface area contributed by atoms with Gasteiger partial charge in [0.05, 0.1) is 18.3 Å². The first-order chi connectivity index (χ1) is 12.4. The topological polar surface area (TPSA) is 113 Å². The molecule has 0 saturated heterocycles. The van der Waals surface area contributed by atoms with E-state index in [1.165, 1.54) is 36.6 Å². The van der Waals surface area contributed by atoms with Crippen LogP contribution < -0.4 is 4.74 Å². The van der Waals surface area contributed by atoms with E-state index in [1.807, 2.05) is 0 Å². The van der Waals surface area contributed by atoms with E-state index < -0.39 is 11.9 Å². The maximum absolute atomic E-state index is 9.10. The van der Waals surface area contributed by atoms with Crippen molar-refractivity contribution < 1.29 is 24.5 Å². The molecular formula is C17H27N3O5S.